The molecule has 3 heterocycles. The van der Waals surface area contributed by atoms with E-state index in [1.165, 1.54) is 0 Å². The van der Waals surface area contributed by atoms with Gasteiger partial charge < -0.3 is 19.5 Å². The molecule has 2 bridgehead atoms. The molecule has 0 radical (unpaired) electrons. The Bertz CT molecular complexity index is 702. The third-order valence-electron chi connectivity index (χ3n) is 5.02. The number of piperidine rings is 1. The summed E-state index contributed by atoms with van der Waals surface area (Å²) in [6.45, 7) is 5.15. The maximum atomic E-state index is 12.7. The van der Waals surface area contributed by atoms with E-state index in [1.807, 2.05) is 37.8 Å². The highest BCUT2D eigenvalue weighted by Crippen LogP contribution is 2.48. The predicted molar refractivity (Wildman–Crippen MR) is 101 cm³/mol. The highest BCUT2D eigenvalue weighted by atomic mass is 79.9. The Morgan fingerprint density at radius 2 is 1.93 bits per heavy atom. The summed E-state index contributed by atoms with van der Waals surface area (Å²) in [5.74, 6) is -1.02. The quantitative estimate of drug-likeness (QED) is 0.767. The average Bonchev–Trinajstić information content (AvgIpc) is 2.84. The SMILES string of the molecule is CC(C)(C)OC(=O)N1C2CCC1CC(OCC(=O)O)(c1ccc(Br)cn1)C2. The fourth-order valence-electron chi connectivity index (χ4n) is 4.07. The number of ether oxygens (including phenoxy) is 2. The maximum absolute atomic E-state index is 12.7. The van der Waals surface area contributed by atoms with Crippen molar-refractivity contribution in [1.29, 1.82) is 0 Å². The number of carbonyl (C=O) groups is 2. The minimum atomic E-state index is -1.02. The van der Waals surface area contributed by atoms with E-state index in [0.717, 1.165) is 17.3 Å². The molecule has 2 atom stereocenters. The van der Waals surface area contributed by atoms with E-state index in [1.54, 1.807) is 6.20 Å². The minimum absolute atomic E-state index is 0.0576. The molecule has 0 spiro atoms. The Morgan fingerprint density at radius 3 is 2.41 bits per heavy atom. The Kier molecular flexibility index (Phi) is 5.49. The van der Waals surface area contributed by atoms with Gasteiger partial charge in [-0.3, -0.25) is 4.98 Å². The van der Waals surface area contributed by atoms with Gasteiger partial charge in [-0.25, -0.2) is 9.59 Å². The number of fused-ring (bicyclic) bond motifs is 2. The molecule has 148 valence electrons. The number of rotatable bonds is 4. The largest absolute Gasteiger partial charge is 0.480 e. The zero-order chi connectivity index (χ0) is 19.8. The van der Waals surface area contributed by atoms with Crippen molar-refractivity contribution in [3.63, 3.8) is 0 Å². The number of aliphatic carboxylic acids is 1. The molecule has 2 saturated heterocycles. The van der Waals surface area contributed by atoms with E-state index in [2.05, 4.69) is 20.9 Å². The van der Waals surface area contributed by atoms with Crippen LogP contribution in [0.25, 0.3) is 0 Å². The van der Waals surface area contributed by atoms with Crippen molar-refractivity contribution in [3.8, 4) is 0 Å². The zero-order valence-electron chi connectivity index (χ0n) is 15.8. The van der Waals surface area contributed by atoms with Crippen LogP contribution in [0.4, 0.5) is 4.79 Å². The van der Waals surface area contributed by atoms with Gasteiger partial charge in [-0.1, -0.05) is 0 Å². The monoisotopic (exact) mass is 440 g/mol. The van der Waals surface area contributed by atoms with Crippen LogP contribution < -0.4 is 0 Å². The van der Waals surface area contributed by atoms with Crippen molar-refractivity contribution >= 4 is 28.0 Å². The highest BCUT2D eigenvalue weighted by molar-refractivity contribution is 9.10. The number of halogens is 1. The Hall–Kier alpha value is -1.67. The van der Waals surface area contributed by atoms with Crippen LogP contribution in [-0.2, 0) is 19.9 Å². The lowest BCUT2D eigenvalue weighted by Crippen LogP contribution is -2.54. The third-order valence-corrected chi connectivity index (χ3v) is 5.49. The molecule has 3 rings (SSSR count). The number of carboxylic acid groups (broad SMARTS) is 1. The van der Waals surface area contributed by atoms with Crippen LogP contribution in [0.5, 0.6) is 0 Å². The van der Waals surface area contributed by atoms with E-state index in [9.17, 15) is 9.59 Å². The molecule has 1 aromatic rings. The molecule has 0 aliphatic carbocycles. The van der Waals surface area contributed by atoms with Crippen molar-refractivity contribution in [3.05, 3.63) is 28.5 Å². The number of hydrogen-bond donors (Lipinski definition) is 1. The van der Waals surface area contributed by atoms with Gasteiger partial charge in [0.25, 0.3) is 0 Å². The van der Waals surface area contributed by atoms with Crippen LogP contribution in [0, 0.1) is 0 Å². The molecule has 1 amide bonds. The standard InChI is InChI=1S/C19H25BrN2O5/c1-18(2,3)27-17(25)22-13-5-6-14(22)9-19(8-13,26-11-16(23)24)15-7-4-12(20)10-21-15/h4,7,10,13-14H,5-6,8-9,11H2,1-3H3,(H,23,24). The zero-order valence-corrected chi connectivity index (χ0v) is 17.4. The van der Waals surface area contributed by atoms with E-state index in [0.29, 0.717) is 18.5 Å². The molecular weight excluding hydrogens is 416 g/mol. The van der Waals surface area contributed by atoms with Gasteiger partial charge in [0.2, 0.25) is 0 Å². The molecule has 2 unspecified atom stereocenters. The highest BCUT2D eigenvalue weighted by Gasteiger charge is 2.53. The Balaban J connectivity index is 1.87. The van der Waals surface area contributed by atoms with Gasteiger partial charge in [-0.15, -0.1) is 0 Å². The molecule has 1 N–H and O–H groups in total. The Morgan fingerprint density at radius 1 is 1.30 bits per heavy atom. The summed E-state index contributed by atoms with van der Waals surface area (Å²) in [5, 5.41) is 9.13. The predicted octanol–water partition coefficient (Wildman–Crippen LogP) is 3.70. The number of nitrogens with zero attached hydrogens (tertiary/aromatic N) is 2. The summed E-state index contributed by atoms with van der Waals surface area (Å²) in [6, 6.07) is 3.61. The molecule has 2 aliphatic rings. The molecule has 0 saturated carbocycles. The fraction of sp³-hybridized carbons (Fsp3) is 0.632. The van der Waals surface area contributed by atoms with Crippen molar-refractivity contribution < 1.29 is 24.2 Å². The first-order valence-electron chi connectivity index (χ1n) is 9.09. The van der Waals surface area contributed by atoms with Crippen LogP contribution in [0.3, 0.4) is 0 Å². The van der Waals surface area contributed by atoms with Gasteiger partial charge in [0.15, 0.2) is 0 Å². The lowest BCUT2D eigenvalue weighted by atomic mass is 9.83. The summed E-state index contributed by atoms with van der Waals surface area (Å²) in [4.78, 5) is 30.1. The molecule has 2 aliphatic heterocycles. The van der Waals surface area contributed by atoms with Crippen molar-refractivity contribution in [2.75, 3.05) is 6.61 Å². The summed E-state index contributed by atoms with van der Waals surface area (Å²) >= 11 is 3.38. The van der Waals surface area contributed by atoms with Gasteiger partial charge in [-0.05, 0) is 61.7 Å². The van der Waals surface area contributed by atoms with Gasteiger partial charge in [0.1, 0.15) is 17.8 Å². The smallest absolute Gasteiger partial charge is 0.410 e. The van der Waals surface area contributed by atoms with Crippen LogP contribution in [-0.4, -0.2) is 51.3 Å². The van der Waals surface area contributed by atoms with Crippen molar-refractivity contribution in [2.45, 2.75) is 69.7 Å². The van der Waals surface area contributed by atoms with Crippen LogP contribution >= 0.6 is 15.9 Å². The Labute approximate surface area is 167 Å². The third kappa shape index (κ3) is 4.43. The minimum Gasteiger partial charge on any atom is -0.480 e. The second-order valence-electron chi connectivity index (χ2n) is 8.22. The molecule has 7 nitrogen and oxygen atoms in total. The van der Waals surface area contributed by atoms with E-state index in [-0.39, 0.29) is 18.2 Å². The van der Waals surface area contributed by atoms with E-state index >= 15 is 0 Å². The second-order valence-corrected chi connectivity index (χ2v) is 9.13. The summed E-state index contributed by atoms with van der Waals surface area (Å²) in [5.41, 5.74) is -0.672. The van der Waals surface area contributed by atoms with Gasteiger partial charge in [0.05, 0.1) is 5.69 Å². The normalized spacial score (nSPS) is 27.5. The van der Waals surface area contributed by atoms with Crippen LogP contribution in [0.1, 0.15) is 52.1 Å². The number of hydrogen-bond acceptors (Lipinski definition) is 5. The van der Waals surface area contributed by atoms with Gasteiger partial charge >= 0.3 is 12.1 Å². The van der Waals surface area contributed by atoms with Crippen molar-refractivity contribution in [2.24, 2.45) is 0 Å². The molecule has 27 heavy (non-hydrogen) atoms. The van der Waals surface area contributed by atoms with Crippen LogP contribution in [0.2, 0.25) is 0 Å². The summed E-state index contributed by atoms with van der Waals surface area (Å²) in [6.07, 6.45) is 4.07. The van der Waals surface area contributed by atoms with Gasteiger partial charge in [-0.2, -0.15) is 0 Å². The first-order chi connectivity index (χ1) is 12.6. The molecule has 8 heteroatoms. The average molecular weight is 441 g/mol. The first kappa shape index (κ1) is 20.1. The number of carbonyl (C=O) groups excluding carboxylic acids is 1. The number of amides is 1. The topological polar surface area (TPSA) is 89.0 Å². The molecule has 2 fully saturated rings. The van der Waals surface area contributed by atoms with E-state index in [4.69, 9.17) is 14.6 Å². The molecule has 0 aromatic carbocycles. The second kappa shape index (κ2) is 7.39. The lowest BCUT2D eigenvalue weighted by Gasteiger charge is -2.45. The number of pyridine rings is 1. The van der Waals surface area contributed by atoms with E-state index < -0.39 is 23.8 Å². The summed E-state index contributed by atoms with van der Waals surface area (Å²) in [7, 11) is 0. The summed E-state index contributed by atoms with van der Waals surface area (Å²) < 4.78 is 12.3. The fourth-order valence-corrected chi connectivity index (χ4v) is 4.30. The molecule has 1 aromatic heterocycles. The number of aromatic nitrogens is 1. The van der Waals surface area contributed by atoms with Gasteiger partial charge in [0, 0.05) is 35.6 Å². The van der Waals surface area contributed by atoms with Crippen molar-refractivity contribution in [1.82, 2.24) is 9.88 Å². The first-order valence-corrected chi connectivity index (χ1v) is 9.88. The lowest BCUT2D eigenvalue weighted by molar-refractivity contribution is -0.158. The van der Waals surface area contributed by atoms with Crippen LogP contribution in [0.15, 0.2) is 22.8 Å². The molecular formula is C19H25BrN2O5. The number of carboxylic acids is 1. The maximum Gasteiger partial charge on any atom is 0.410 e.